The summed E-state index contributed by atoms with van der Waals surface area (Å²) in [5.41, 5.74) is 2.24. The highest BCUT2D eigenvalue weighted by Crippen LogP contribution is 2.36. The van der Waals surface area contributed by atoms with Crippen LogP contribution in [0, 0.1) is 0 Å². The van der Waals surface area contributed by atoms with E-state index in [1.54, 1.807) is 0 Å². The van der Waals surface area contributed by atoms with Crippen molar-refractivity contribution in [2.24, 2.45) is 5.73 Å². The van der Waals surface area contributed by atoms with Gasteiger partial charge in [-0.05, 0) is 6.92 Å². The van der Waals surface area contributed by atoms with Crippen LogP contribution in [0.1, 0.15) is 6.92 Å². The van der Waals surface area contributed by atoms with Crippen molar-refractivity contribution in [3.63, 3.8) is 0 Å². The molecule has 0 amide bonds. The van der Waals surface area contributed by atoms with E-state index < -0.39 is 37.8 Å². The fourth-order valence-corrected chi connectivity index (χ4v) is 1.14. The van der Waals surface area contributed by atoms with E-state index in [1.807, 2.05) is 0 Å². The molecule has 0 radical (unpaired) electrons. The zero-order chi connectivity index (χ0) is 14.0. The maximum atomic E-state index is 10.9. The van der Waals surface area contributed by atoms with Crippen molar-refractivity contribution in [2.45, 2.75) is 31.0 Å². The molecule has 11 heteroatoms. The molecule has 0 fully saturated rings. The third kappa shape index (κ3) is 4.66. The first-order valence-electron chi connectivity index (χ1n) is 4.24. The second-order valence-electron chi connectivity index (χ2n) is 3.35. The highest BCUT2D eigenvalue weighted by atomic mass is 31.2. The Labute approximate surface area is 95.5 Å². The van der Waals surface area contributed by atoms with Gasteiger partial charge in [-0.15, -0.1) is 0 Å². The maximum Gasteiger partial charge on any atom is 0.527 e. The summed E-state index contributed by atoms with van der Waals surface area (Å²) in [6.07, 6.45) is -6.66. The molecule has 0 heterocycles. The number of hydrogen-bond acceptors (Lipinski definition) is 8. The molecule has 0 bridgehead atoms. The first-order valence-corrected chi connectivity index (χ1v) is 5.77. The molecule has 0 aromatic heterocycles. The van der Waals surface area contributed by atoms with E-state index in [4.69, 9.17) is 25.7 Å². The molecule has 0 unspecified atom stereocenters. The Morgan fingerprint density at radius 3 is 2.06 bits per heavy atom. The number of aliphatic hydroxyl groups excluding tert-OH is 3. The van der Waals surface area contributed by atoms with E-state index in [9.17, 15) is 19.6 Å². The molecule has 0 aromatic rings. The smallest absolute Gasteiger partial charge is 0.389 e. The Morgan fingerprint density at radius 1 is 1.35 bits per heavy atom. The summed E-state index contributed by atoms with van der Waals surface area (Å²) < 4.78 is 13.7. The van der Waals surface area contributed by atoms with E-state index in [0.29, 0.717) is 0 Å². The van der Waals surface area contributed by atoms with Crippen molar-refractivity contribution in [2.75, 3.05) is 0 Å². The second-order valence-corrected chi connectivity index (χ2v) is 4.52. The lowest BCUT2D eigenvalue weighted by atomic mass is 9.97. The van der Waals surface area contributed by atoms with E-state index >= 15 is 0 Å². The van der Waals surface area contributed by atoms with Gasteiger partial charge in [0.15, 0.2) is 11.8 Å². The lowest BCUT2D eigenvalue weighted by molar-refractivity contribution is -0.185. The molecule has 0 rings (SSSR count). The second kappa shape index (κ2) is 5.38. The summed E-state index contributed by atoms with van der Waals surface area (Å²) in [5.74, 6) is -1.89. The zero-order valence-corrected chi connectivity index (χ0v) is 9.56. The van der Waals surface area contributed by atoms with Gasteiger partial charge >= 0.3 is 13.8 Å². The Morgan fingerprint density at radius 2 is 1.76 bits per heavy atom. The molecule has 0 spiro atoms. The van der Waals surface area contributed by atoms with Crippen molar-refractivity contribution in [3.05, 3.63) is 0 Å². The Hall–Kier alpha value is -0.580. The molecule has 8 N–H and O–H groups in total. The highest BCUT2D eigenvalue weighted by molar-refractivity contribution is 7.46. The van der Waals surface area contributed by atoms with Crippen molar-refractivity contribution in [1.29, 1.82) is 0 Å². The van der Waals surface area contributed by atoms with Gasteiger partial charge in [-0.3, -0.25) is 15.5 Å². The molecule has 17 heavy (non-hydrogen) atoms. The summed E-state index contributed by atoms with van der Waals surface area (Å²) in [5, 5.41) is 36.6. The lowest BCUT2D eigenvalue weighted by Crippen LogP contribution is -2.63. The van der Waals surface area contributed by atoms with Gasteiger partial charge in [0.1, 0.15) is 6.10 Å². The largest absolute Gasteiger partial charge is 0.527 e. The SMILES string of the molecule is C[C@@H](O)[C@@](N)(O)[C@H](O)[C@@H](O)C(=O)OP(=O)(O)O. The maximum absolute atomic E-state index is 10.9. The summed E-state index contributed by atoms with van der Waals surface area (Å²) in [6, 6.07) is 0. The standard InChI is InChI=1S/C6H14NO9P/c1-2(8)6(7,12)4(10)3(9)5(11)16-17(13,14)15/h2-4,8-10,12H,7H2,1H3,(H2,13,14,15)/t2-,3-,4-,6-/m1/s1. The van der Waals surface area contributed by atoms with E-state index in [-0.39, 0.29) is 0 Å². The van der Waals surface area contributed by atoms with Crippen LogP contribution in [0.4, 0.5) is 0 Å². The molecule has 4 atom stereocenters. The topological polar surface area (TPSA) is 191 Å². The summed E-state index contributed by atoms with van der Waals surface area (Å²) >= 11 is 0. The van der Waals surface area contributed by atoms with Crippen LogP contribution in [-0.4, -0.2) is 60.2 Å². The van der Waals surface area contributed by atoms with Crippen molar-refractivity contribution >= 4 is 13.8 Å². The van der Waals surface area contributed by atoms with E-state index in [0.717, 1.165) is 6.92 Å². The van der Waals surface area contributed by atoms with Gasteiger partial charge in [-0.1, -0.05) is 0 Å². The van der Waals surface area contributed by atoms with Crippen molar-refractivity contribution < 1.29 is 44.1 Å². The number of phosphoric acid groups is 1. The molecule has 0 aromatic carbocycles. The van der Waals surface area contributed by atoms with Gasteiger partial charge < -0.3 is 24.9 Å². The molecule has 0 saturated heterocycles. The van der Waals surface area contributed by atoms with Gasteiger partial charge in [-0.2, -0.15) is 0 Å². The normalized spacial score (nSPS) is 21.2. The Bertz CT molecular complexity index is 323. The Kier molecular flexibility index (Phi) is 5.19. The summed E-state index contributed by atoms with van der Waals surface area (Å²) in [6.45, 7) is 0.963. The number of rotatable bonds is 5. The van der Waals surface area contributed by atoms with Crippen LogP contribution in [0.3, 0.4) is 0 Å². The molecule has 0 aliphatic carbocycles. The fourth-order valence-electron chi connectivity index (χ4n) is 0.800. The van der Waals surface area contributed by atoms with Crippen molar-refractivity contribution in [3.8, 4) is 0 Å². The number of aliphatic hydroxyl groups is 4. The third-order valence-electron chi connectivity index (χ3n) is 1.89. The number of hydrogen-bond donors (Lipinski definition) is 7. The quantitative estimate of drug-likeness (QED) is 0.194. The minimum Gasteiger partial charge on any atom is -0.389 e. The average Bonchev–Trinajstić information content (AvgIpc) is 2.12. The van der Waals surface area contributed by atoms with Crippen LogP contribution >= 0.6 is 7.82 Å². The average molecular weight is 275 g/mol. The molecule has 0 aliphatic rings. The fraction of sp³-hybridized carbons (Fsp3) is 0.833. The van der Waals surface area contributed by atoms with Crippen LogP contribution in [-0.2, 0) is 13.9 Å². The summed E-state index contributed by atoms with van der Waals surface area (Å²) in [4.78, 5) is 27.4. The van der Waals surface area contributed by atoms with Crippen LogP contribution in [0.2, 0.25) is 0 Å². The lowest BCUT2D eigenvalue weighted by Gasteiger charge is -2.33. The first-order chi connectivity index (χ1) is 7.39. The van der Waals surface area contributed by atoms with E-state index in [1.165, 1.54) is 0 Å². The molecule has 10 nitrogen and oxygen atoms in total. The molecule has 0 saturated carbocycles. The van der Waals surface area contributed by atoms with Gasteiger partial charge in [0, 0.05) is 0 Å². The molecular weight excluding hydrogens is 261 g/mol. The number of nitrogens with two attached hydrogens (primary N) is 1. The van der Waals surface area contributed by atoms with Gasteiger partial charge in [0.05, 0.1) is 6.10 Å². The van der Waals surface area contributed by atoms with Crippen LogP contribution < -0.4 is 5.73 Å². The summed E-state index contributed by atoms with van der Waals surface area (Å²) in [7, 11) is -5.20. The third-order valence-corrected chi connectivity index (χ3v) is 2.31. The number of carbonyl (C=O) groups excluding carboxylic acids is 1. The molecular formula is C6H14NO9P. The van der Waals surface area contributed by atoms with Crippen LogP contribution in [0.5, 0.6) is 0 Å². The zero-order valence-electron chi connectivity index (χ0n) is 8.66. The Balaban J connectivity index is 4.77. The monoisotopic (exact) mass is 275 g/mol. The highest BCUT2D eigenvalue weighted by Gasteiger charge is 2.45. The minimum atomic E-state index is -5.20. The van der Waals surface area contributed by atoms with Gasteiger partial charge in [0.2, 0.25) is 0 Å². The molecule has 0 aliphatic heterocycles. The van der Waals surface area contributed by atoms with E-state index in [2.05, 4.69) is 4.52 Å². The van der Waals surface area contributed by atoms with Gasteiger partial charge in [0.25, 0.3) is 0 Å². The van der Waals surface area contributed by atoms with Gasteiger partial charge in [-0.25, -0.2) is 9.36 Å². The minimum absolute atomic E-state index is 0.963. The number of phosphoric ester groups is 1. The van der Waals surface area contributed by atoms with Crippen molar-refractivity contribution in [1.82, 2.24) is 0 Å². The van der Waals surface area contributed by atoms with Crippen LogP contribution in [0.25, 0.3) is 0 Å². The first kappa shape index (κ1) is 16.4. The van der Waals surface area contributed by atoms with Crippen LogP contribution in [0.15, 0.2) is 0 Å². The molecule has 102 valence electrons. The predicted octanol–water partition coefficient (Wildman–Crippen LogP) is -3.63. The predicted molar refractivity (Wildman–Crippen MR) is 51.0 cm³/mol. The number of carbonyl (C=O) groups is 1.